The molecule has 1 aromatic carbocycles. The highest BCUT2D eigenvalue weighted by Crippen LogP contribution is 2.17. The fourth-order valence-electron chi connectivity index (χ4n) is 2.05. The summed E-state index contributed by atoms with van der Waals surface area (Å²) in [6.45, 7) is 3.87. The Hall–Kier alpha value is -2.13. The van der Waals surface area contributed by atoms with Crippen LogP contribution in [0.15, 0.2) is 18.2 Å². The summed E-state index contributed by atoms with van der Waals surface area (Å²) in [6.07, 6.45) is 0. The lowest BCUT2D eigenvalue weighted by Crippen LogP contribution is -2.47. The van der Waals surface area contributed by atoms with Gasteiger partial charge in [-0.1, -0.05) is 0 Å². The van der Waals surface area contributed by atoms with E-state index in [-0.39, 0.29) is 17.2 Å². The van der Waals surface area contributed by atoms with Crippen molar-refractivity contribution >= 4 is 11.6 Å². The van der Waals surface area contributed by atoms with E-state index in [2.05, 4.69) is 5.32 Å². The molecule has 1 saturated heterocycles. The van der Waals surface area contributed by atoms with Crippen LogP contribution in [0.3, 0.4) is 0 Å². The van der Waals surface area contributed by atoms with E-state index >= 15 is 0 Å². The maximum Gasteiger partial charge on any atom is 0.244 e. The van der Waals surface area contributed by atoms with E-state index in [1.165, 1.54) is 12.1 Å². The topological polar surface area (TPSA) is 65.4 Å². The Morgan fingerprint density at radius 2 is 2.20 bits per heavy atom. The van der Waals surface area contributed by atoms with Crippen LogP contribution in [0, 0.1) is 17.1 Å². The van der Waals surface area contributed by atoms with E-state index in [0.29, 0.717) is 26.3 Å². The predicted octanol–water partition coefficient (Wildman–Crippen LogP) is 1.36. The molecule has 1 aliphatic rings. The van der Waals surface area contributed by atoms with E-state index in [9.17, 15) is 9.18 Å². The fourth-order valence-corrected chi connectivity index (χ4v) is 2.05. The highest BCUT2D eigenvalue weighted by molar-refractivity contribution is 5.84. The molecular formula is C14H16FN3O2. The van der Waals surface area contributed by atoms with Crippen LogP contribution in [-0.4, -0.2) is 43.2 Å². The van der Waals surface area contributed by atoms with Gasteiger partial charge in [-0.2, -0.15) is 5.26 Å². The zero-order valence-corrected chi connectivity index (χ0v) is 11.2. The summed E-state index contributed by atoms with van der Waals surface area (Å²) in [7, 11) is 0. The summed E-state index contributed by atoms with van der Waals surface area (Å²) in [4.78, 5) is 13.9. The molecule has 2 rings (SSSR count). The van der Waals surface area contributed by atoms with Gasteiger partial charge in [0.1, 0.15) is 11.9 Å². The van der Waals surface area contributed by atoms with Crippen molar-refractivity contribution in [2.75, 3.05) is 31.6 Å². The number of nitriles is 1. The van der Waals surface area contributed by atoms with Crippen molar-refractivity contribution < 1.29 is 13.9 Å². The second-order valence-electron chi connectivity index (χ2n) is 4.61. The molecule has 1 N–H and O–H groups in total. The van der Waals surface area contributed by atoms with Gasteiger partial charge >= 0.3 is 0 Å². The molecule has 1 aliphatic heterocycles. The molecule has 0 saturated carbocycles. The third-order valence-electron chi connectivity index (χ3n) is 3.16. The number of carbonyl (C=O) groups excluding carboxylic acids is 1. The van der Waals surface area contributed by atoms with Crippen molar-refractivity contribution in [1.82, 2.24) is 4.90 Å². The Balaban J connectivity index is 2.02. The molecule has 106 valence electrons. The first-order valence-corrected chi connectivity index (χ1v) is 6.44. The van der Waals surface area contributed by atoms with Gasteiger partial charge in [-0.25, -0.2) is 4.39 Å². The van der Waals surface area contributed by atoms with Gasteiger partial charge in [-0.3, -0.25) is 4.79 Å². The lowest BCUT2D eigenvalue weighted by atomic mass is 10.2. The van der Waals surface area contributed by atoms with Gasteiger partial charge in [0.05, 0.1) is 30.5 Å². The quantitative estimate of drug-likeness (QED) is 0.906. The van der Waals surface area contributed by atoms with Crippen molar-refractivity contribution in [2.45, 2.75) is 13.0 Å². The summed E-state index contributed by atoms with van der Waals surface area (Å²) >= 11 is 0. The third kappa shape index (κ3) is 3.25. The average molecular weight is 277 g/mol. The van der Waals surface area contributed by atoms with Crippen molar-refractivity contribution in [2.24, 2.45) is 0 Å². The first-order chi connectivity index (χ1) is 9.61. The van der Waals surface area contributed by atoms with E-state index in [0.717, 1.165) is 6.07 Å². The SMILES string of the molecule is CC(Nc1ccc(C#N)cc1F)C(=O)N1CCOCC1. The minimum atomic E-state index is -0.536. The molecule has 0 radical (unpaired) electrons. The molecule has 6 heteroatoms. The monoisotopic (exact) mass is 277 g/mol. The van der Waals surface area contributed by atoms with Crippen molar-refractivity contribution in [1.29, 1.82) is 5.26 Å². The molecule has 1 fully saturated rings. The normalized spacial score (nSPS) is 16.4. The molecule has 0 aliphatic carbocycles. The Bertz CT molecular complexity index is 536. The van der Waals surface area contributed by atoms with Crippen LogP contribution in [0.2, 0.25) is 0 Å². The van der Waals surface area contributed by atoms with E-state index in [1.54, 1.807) is 11.8 Å². The number of hydrogen-bond acceptors (Lipinski definition) is 4. The molecule has 1 amide bonds. The largest absolute Gasteiger partial charge is 0.378 e. The number of anilines is 1. The van der Waals surface area contributed by atoms with Crippen LogP contribution in [0.4, 0.5) is 10.1 Å². The van der Waals surface area contributed by atoms with Crippen molar-refractivity contribution in [3.8, 4) is 6.07 Å². The molecule has 1 heterocycles. The Kier molecular flexibility index (Phi) is 4.53. The maximum absolute atomic E-state index is 13.7. The zero-order chi connectivity index (χ0) is 14.5. The second-order valence-corrected chi connectivity index (χ2v) is 4.61. The number of nitrogens with one attached hydrogen (secondary N) is 1. The summed E-state index contributed by atoms with van der Waals surface area (Å²) in [5.74, 6) is -0.622. The number of morpholine rings is 1. The number of benzene rings is 1. The number of halogens is 1. The first kappa shape index (κ1) is 14.3. The van der Waals surface area contributed by atoms with E-state index < -0.39 is 11.9 Å². The van der Waals surface area contributed by atoms with Gasteiger partial charge in [0.25, 0.3) is 0 Å². The summed E-state index contributed by atoms with van der Waals surface area (Å²) in [5, 5.41) is 11.5. The zero-order valence-electron chi connectivity index (χ0n) is 11.2. The average Bonchev–Trinajstić information content (AvgIpc) is 2.49. The molecule has 5 nitrogen and oxygen atoms in total. The highest BCUT2D eigenvalue weighted by atomic mass is 19.1. The summed E-state index contributed by atoms with van der Waals surface area (Å²) in [5.41, 5.74) is 0.471. The maximum atomic E-state index is 13.7. The standard InChI is InChI=1S/C14H16FN3O2/c1-10(14(19)18-4-6-20-7-5-18)17-13-3-2-11(9-16)8-12(13)15/h2-3,8,10,17H,4-7H2,1H3. The number of hydrogen-bond donors (Lipinski definition) is 1. The lowest BCUT2D eigenvalue weighted by molar-refractivity contribution is -0.135. The molecule has 1 aromatic rings. The van der Waals surface area contributed by atoms with E-state index in [1.807, 2.05) is 6.07 Å². The van der Waals surface area contributed by atoms with Gasteiger partial charge in [0, 0.05) is 13.1 Å². The minimum absolute atomic E-state index is 0.0861. The number of amides is 1. The first-order valence-electron chi connectivity index (χ1n) is 6.44. The number of ether oxygens (including phenoxy) is 1. The number of nitrogens with zero attached hydrogens (tertiary/aromatic N) is 2. The molecule has 0 bridgehead atoms. The molecule has 1 unspecified atom stereocenters. The molecular weight excluding hydrogens is 261 g/mol. The summed E-state index contributed by atoms with van der Waals surface area (Å²) < 4.78 is 18.9. The van der Waals surface area contributed by atoms with Crippen LogP contribution in [0.5, 0.6) is 0 Å². The van der Waals surface area contributed by atoms with Gasteiger partial charge in [0.2, 0.25) is 5.91 Å². The van der Waals surface area contributed by atoms with Crippen molar-refractivity contribution in [3.63, 3.8) is 0 Å². The Morgan fingerprint density at radius 3 is 2.80 bits per heavy atom. The van der Waals surface area contributed by atoms with Gasteiger partial charge in [-0.05, 0) is 25.1 Å². The molecule has 1 atom stereocenters. The molecule has 0 spiro atoms. The number of rotatable bonds is 3. The smallest absolute Gasteiger partial charge is 0.244 e. The van der Waals surface area contributed by atoms with Crippen LogP contribution in [-0.2, 0) is 9.53 Å². The van der Waals surface area contributed by atoms with Crippen LogP contribution in [0.1, 0.15) is 12.5 Å². The molecule has 0 aromatic heterocycles. The lowest BCUT2D eigenvalue weighted by Gasteiger charge is -2.29. The number of carbonyl (C=O) groups is 1. The summed E-state index contributed by atoms with van der Waals surface area (Å²) in [6, 6.07) is 5.46. The van der Waals surface area contributed by atoms with Crippen LogP contribution >= 0.6 is 0 Å². The molecule has 20 heavy (non-hydrogen) atoms. The Labute approximate surface area is 116 Å². The minimum Gasteiger partial charge on any atom is -0.378 e. The van der Waals surface area contributed by atoms with Gasteiger partial charge in [0.15, 0.2) is 0 Å². The Morgan fingerprint density at radius 1 is 1.50 bits per heavy atom. The van der Waals surface area contributed by atoms with Crippen molar-refractivity contribution in [3.05, 3.63) is 29.6 Å². The predicted molar refractivity (Wildman–Crippen MR) is 71.6 cm³/mol. The van der Waals surface area contributed by atoms with E-state index in [4.69, 9.17) is 10.00 Å². The van der Waals surface area contributed by atoms with Gasteiger partial charge in [-0.15, -0.1) is 0 Å². The highest BCUT2D eigenvalue weighted by Gasteiger charge is 2.22. The third-order valence-corrected chi connectivity index (χ3v) is 3.16. The van der Waals surface area contributed by atoms with Gasteiger partial charge < -0.3 is 15.0 Å². The van der Waals surface area contributed by atoms with Crippen LogP contribution in [0.25, 0.3) is 0 Å². The second kappa shape index (κ2) is 6.35. The van der Waals surface area contributed by atoms with Crippen LogP contribution < -0.4 is 5.32 Å². The fraction of sp³-hybridized carbons (Fsp3) is 0.429.